The molecule has 152 valence electrons. The van der Waals surface area contributed by atoms with Crippen molar-refractivity contribution in [3.8, 4) is 0 Å². The molecule has 0 bridgehead atoms. The van der Waals surface area contributed by atoms with Crippen molar-refractivity contribution in [1.82, 2.24) is 9.80 Å². The summed E-state index contributed by atoms with van der Waals surface area (Å²) < 4.78 is 19.2. The average molecular weight is 389 g/mol. The van der Waals surface area contributed by atoms with Gasteiger partial charge >= 0.3 is 0 Å². The molecule has 1 spiro atoms. The molecule has 0 unspecified atom stereocenters. The minimum Gasteiger partial charge on any atom is -0.363 e. The lowest BCUT2D eigenvalue weighted by Gasteiger charge is -2.47. The number of amides is 2. The molecule has 0 aromatic heterocycles. The number of rotatable bonds is 2. The maximum atomic E-state index is 13.2. The Hall–Kier alpha value is -1.99. The largest absolute Gasteiger partial charge is 0.363 e. The molecule has 1 aromatic carbocycles. The van der Waals surface area contributed by atoms with Crippen LogP contribution < -0.4 is 4.90 Å². The number of hydrogen-bond acceptors (Lipinski definition) is 4. The van der Waals surface area contributed by atoms with Crippen molar-refractivity contribution in [3.05, 3.63) is 30.1 Å². The van der Waals surface area contributed by atoms with Crippen LogP contribution in [0.5, 0.6) is 0 Å². The van der Waals surface area contributed by atoms with Crippen molar-refractivity contribution in [1.29, 1.82) is 0 Å². The molecular weight excluding hydrogens is 361 g/mol. The van der Waals surface area contributed by atoms with E-state index in [-0.39, 0.29) is 30.2 Å². The third kappa shape index (κ3) is 3.91. The molecule has 2 amide bonds. The van der Waals surface area contributed by atoms with E-state index in [1.54, 1.807) is 17.0 Å². The van der Waals surface area contributed by atoms with E-state index in [4.69, 9.17) is 4.74 Å². The molecule has 3 saturated heterocycles. The molecule has 6 nitrogen and oxygen atoms in total. The van der Waals surface area contributed by atoms with Gasteiger partial charge in [-0.05, 0) is 70.1 Å². The number of piperidine rings is 2. The molecule has 0 aliphatic carbocycles. The monoisotopic (exact) mass is 389 g/mol. The number of morpholine rings is 1. The summed E-state index contributed by atoms with van der Waals surface area (Å²) in [7, 11) is 2.10. The van der Waals surface area contributed by atoms with Crippen LogP contribution in [0, 0.1) is 11.7 Å². The number of hydrogen-bond donors (Lipinski definition) is 0. The maximum absolute atomic E-state index is 13.2. The van der Waals surface area contributed by atoms with Crippen LogP contribution >= 0.6 is 0 Å². The topological polar surface area (TPSA) is 53.1 Å². The van der Waals surface area contributed by atoms with Gasteiger partial charge in [0, 0.05) is 24.7 Å². The van der Waals surface area contributed by atoms with E-state index in [2.05, 4.69) is 11.9 Å². The summed E-state index contributed by atoms with van der Waals surface area (Å²) in [6, 6.07) is 6.00. The first-order valence-electron chi connectivity index (χ1n) is 10.1. The Morgan fingerprint density at radius 2 is 1.75 bits per heavy atom. The fourth-order valence-electron chi connectivity index (χ4n) is 4.52. The Morgan fingerprint density at radius 1 is 1.11 bits per heavy atom. The molecular formula is C21H28FN3O3. The smallest absolute Gasteiger partial charge is 0.253 e. The van der Waals surface area contributed by atoms with Crippen molar-refractivity contribution in [2.24, 2.45) is 5.92 Å². The van der Waals surface area contributed by atoms with Gasteiger partial charge in [-0.2, -0.15) is 0 Å². The molecule has 7 heteroatoms. The molecule has 3 aliphatic rings. The average Bonchev–Trinajstić information content (AvgIpc) is 2.71. The summed E-state index contributed by atoms with van der Waals surface area (Å²) in [4.78, 5) is 31.2. The number of nitrogens with zero attached hydrogens (tertiary/aromatic N) is 3. The van der Waals surface area contributed by atoms with E-state index in [0.717, 1.165) is 38.8 Å². The summed E-state index contributed by atoms with van der Waals surface area (Å²) in [5, 5.41) is 0. The third-order valence-corrected chi connectivity index (χ3v) is 6.44. The van der Waals surface area contributed by atoms with Gasteiger partial charge in [-0.25, -0.2) is 4.39 Å². The maximum Gasteiger partial charge on any atom is 0.253 e. The fraction of sp³-hybridized carbons (Fsp3) is 0.619. The molecule has 3 heterocycles. The Balaban J connectivity index is 1.38. The zero-order valence-electron chi connectivity index (χ0n) is 16.4. The van der Waals surface area contributed by atoms with Crippen LogP contribution in [0.3, 0.4) is 0 Å². The second-order valence-corrected chi connectivity index (χ2v) is 8.33. The summed E-state index contributed by atoms with van der Waals surface area (Å²) in [6.45, 7) is 3.76. The highest BCUT2D eigenvalue weighted by Gasteiger charge is 2.44. The molecule has 1 aromatic rings. The molecule has 3 fully saturated rings. The molecule has 0 atom stereocenters. The minimum atomic E-state index is -0.425. The fourth-order valence-corrected chi connectivity index (χ4v) is 4.52. The number of benzene rings is 1. The van der Waals surface area contributed by atoms with Crippen molar-refractivity contribution >= 4 is 17.5 Å². The van der Waals surface area contributed by atoms with Crippen LogP contribution in [-0.2, 0) is 14.3 Å². The molecule has 4 rings (SSSR count). The molecule has 0 saturated carbocycles. The van der Waals surface area contributed by atoms with Gasteiger partial charge in [0.1, 0.15) is 12.4 Å². The normalized spacial score (nSPS) is 24.0. The molecule has 3 aliphatic heterocycles. The highest BCUT2D eigenvalue weighted by atomic mass is 19.1. The predicted molar refractivity (Wildman–Crippen MR) is 103 cm³/mol. The molecule has 0 N–H and O–H groups in total. The highest BCUT2D eigenvalue weighted by Crippen LogP contribution is 2.33. The van der Waals surface area contributed by atoms with E-state index >= 15 is 0 Å². The Labute approximate surface area is 165 Å². The SMILES string of the molecule is CN1CCC(C(=O)N2CCC3(CC2)CN(c2ccc(F)cc2)C(=O)CO3)CC1. The Morgan fingerprint density at radius 3 is 2.39 bits per heavy atom. The van der Waals surface area contributed by atoms with Crippen LogP contribution in [0.1, 0.15) is 25.7 Å². The zero-order chi connectivity index (χ0) is 19.7. The van der Waals surface area contributed by atoms with E-state index in [1.165, 1.54) is 12.1 Å². The lowest BCUT2D eigenvalue weighted by Crippen LogP contribution is -2.60. The summed E-state index contributed by atoms with van der Waals surface area (Å²) >= 11 is 0. The minimum absolute atomic E-state index is 0.0281. The van der Waals surface area contributed by atoms with Crippen molar-refractivity contribution in [2.45, 2.75) is 31.3 Å². The van der Waals surface area contributed by atoms with E-state index in [1.807, 2.05) is 4.90 Å². The van der Waals surface area contributed by atoms with Crippen LogP contribution in [0.2, 0.25) is 0 Å². The quantitative estimate of drug-likeness (QED) is 0.775. The van der Waals surface area contributed by atoms with Crippen molar-refractivity contribution in [3.63, 3.8) is 0 Å². The predicted octanol–water partition coefficient (Wildman–Crippen LogP) is 1.89. The Bertz CT molecular complexity index is 723. The van der Waals surface area contributed by atoms with Crippen LogP contribution in [0.4, 0.5) is 10.1 Å². The molecule has 0 radical (unpaired) electrons. The zero-order valence-corrected chi connectivity index (χ0v) is 16.4. The summed E-state index contributed by atoms with van der Waals surface area (Å²) in [6.07, 6.45) is 3.30. The summed E-state index contributed by atoms with van der Waals surface area (Å²) in [5.41, 5.74) is 0.269. The number of ether oxygens (including phenoxy) is 1. The first-order valence-corrected chi connectivity index (χ1v) is 10.1. The van der Waals surface area contributed by atoms with Gasteiger partial charge in [0.2, 0.25) is 5.91 Å². The number of likely N-dealkylation sites (tertiary alicyclic amines) is 2. The Kier molecular flexibility index (Phi) is 5.38. The second kappa shape index (κ2) is 7.79. The second-order valence-electron chi connectivity index (χ2n) is 8.33. The lowest BCUT2D eigenvalue weighted by atomic mass is 9.87. The number of anilines is 1. The van der Waals surface area contributed by atoms with Crippen LogP contribution in [0.15, 0.2) is 24.3 Å². The van der Waals surface area contributed by atoms with Gasteiger partial charge in [0.25, 0.3) is 5.91 Å². The lowest BCUT2D eigenvalue weighted by molar-refractivity contribution is -0.152. The molecule has 28 heavy (non-hydrogen) atoms. The van der Waals surface area contributed by atoms with Gasteiger partial charge in [0.15, 0.2) is 0 Å². The third-order valence-electron chi connectivity index (χ3n) is 6.44. The van der Waals surface area contributed by atoms with Gasteiger partial charge in [-0.1, -0.05) is 0 Å². The first-order chi connectivity index (χ1) is 13.5. The van der Waals surface area contributed by atoms with Gasteiger partial charge in [-0.15, -0.1) is 0 Å². The van der Waals surface area contributed by atoms with E-state index < -0.39 is 5.60 Å². The summed E-state index contributed by atoms with van der Waals surface area (Å²) in [5.74, 6) is -0.0259. The van der Waals surface area contributed by atoms with E-state index in [0.29, 0.717) is 25.3 Å². The van der Waals surface area contributed by atoms with Crippen LogP contribution in [-0.4, -0.2) is 73.6 Å². The van der Waals surface area contributed by atoms with Crippen molar-refractivity contribution in [2.75, 3.05) is 51.3 Å². The van der Waals surface area contributed by atoms with E-state index in [9.17, 15) is 14.0 Å². The number of carbonyl (C=O) groups excluding carboxylic acids is 2. The van der Waals surface area contributed by atoms with Gasteiger partial charge in [-0.3, -0.25) is 9.59 Å². The van der Waals surface area contributed by atoms with Crippen LogP contribution in [0.25, 0.3) is 0 Å². The number of halogens is 1. The number of carbonyl (C=O) groups is 2. The highest BCUT2D eigenvalue weighted by molar-refractivity contribution is 5.95. The van der Waals surface area contributed by atoms with Crippen molar-refractivity contribution < 1.29 is 18.7 Å². The standard InChI is InChI=1S/C21H28FN3O3/c1-23-10-6-16(7-11-23)20(27)24-12-8-21(9-13-24)15-25(19(26)14-28-21)18-4-2-17(22)3-5-18/h2-5,16H,6-15H2,1H3. The van der Waals surface area contributed by atoms with Gasteiger partial charge in [0.05, 0.1) is 12.1 Å². The first kappa shape index (κ1) is 19.3. The van der Waals surface area contributed by atoms with Gasteiger partial charge < -0.3 is 19.4 Å².